The predicted octanol–water partition coefficient (Wildman–Crippen LogP) is 4.39. The first kappa shape index (κ1) is 16.8. The summed E-state index contributed by atoms with van der Waals surface area (Å²) in [4.78, 5) is 22.9. The SMILES string of the molecule is Cc1ccc(Nc2ncnc(Oc3ccc(Br)cc3)c2[N+](=O)[O-])nc1. The lowest BCUT2D eigenvalue weighted by molar-refractivity contribution is -0.385. The molecule has 25 heavy (non-hydrogen) atoms. The highest BCUT2D eigenvalue weighted by atomic mass is 79.9. The minimum absolute atomic E-state index is 0.00321. The molecule has 3 rings (SSSR count). The topological polar surface area (TPSA) is 103 Å². The van der Waals surface area contributed by atoms with Crippen LogP contribution >= 0.6 is 15.9 Å². The van der Waals surface area contributed by atoms with Gasteiger partial charge in [-0.2, -0.15) is 4.98 Å². The second kappa shape index (κ2) is 7.22. The molecule has 2 aromatic heterocycles. The summed E-state index contributed by atoms with van der Waals surface area (Å²) >= 11 is 3.32. The number of ether oxygens (including phenoxy) is 1. The van der Waals surface area contributed by atoms with Gasteiger partial charge in [-0.05, 0) is 42.8 Å². The van der Waals surface area contributed by atoms with Crippen molar-refractivity contribution in [1.29, 1.82) is 0 Å². The standard InChI is InChI=1S/C16H12BrN5O3/c1-10-2-7-13(18-8-10)21-15-14(22(23)24)16(20-9-19-15)25-12-5-3-11(17)4-6-12/h2-9H,1H3,(H,18,19,20,21). The molecule has 0 atom stereocenters. The molecule has 0 radical (unpaired) electrons. The van der Waals surface area contributed by atoms with E-state index in [-0.39, 0.29) is 17.4 Å². The summed E-state index contributed by atoms with van der Waals surface area (Å²) in [6, 6.07) is 10.4. The number of hydrogen-bond acceptors (Lipinski definition) is 7. The molecule has 1 N–H and O–H groups in total. The molecule has 0 amide bonds. The monoisotopic (exact) mass is 401 g/mol. The number of anilines is 2. The third kappa shape index (κ3) is 4.07. The summed E-state index contributed by atoms with van der Waals surface area (Å²) in [7, 11) is 0. The van der Waals surface area contributed by atoms with Crippen molar-refractivity contribution in [2.75, 3.05) is 5.32 Å². The number of nitrogens with one attached hydrogen (secondary N) is 1. The lowest BCUT2D eigenvalue weighted by atomic mass is 10.3. The van der Waals surface area contributed by atoms with Crippen LogP contribution in [-0.2, 0) is 0 Å². The Labute approximate surface area is 151 Å². The molecule has 0 unspecified atom stereocenters. The zero-order chi connectivity index (χ0) is 17.8. The molecule has 2 heterocycles. The van der Waals surface area contributed by atoms with Crippen molar-refractivity contribution in [2.24, 2.45) is 0 Å². The quantitative estimate of drug-likeness (QED) is 0.499. The van der Waals surface area contributed by atoms with Crippen molar-refractivity contribution >= 4 is 33.3 Å². The fourth-order valence-corrected chi connectivity index (χ4v) is 2.23. The van der Waals surface area contributed by atoms with Gasteiger partial charge in [0.05, 0.1) is 4.92 Å². The van der Waals surface area contributed by atoms with Crippen molar-refractivity contribution in [3.8, 4) is 11.6 Å². The van der Waals surface area contributed by atoms with Crippen LogP contribution in [0.15, 0.2) is 53.4 Å². The number of benzene rings is 1. The maximum Gasteiger partial charge on any atom is 0.373 e. The number of nitrogens with zero attached hydrogens (tertiary/aromatic N) is 4. The molecule has 0 saturated heterocycles. The van der Waals surface area contributed by atoms with Crippen LogP contribution < -0.4 is 10.1 Å². The number of rotatable bonds is 5. The van der Waals surface area contributed by atoms with E-state index >= 15 is 0 Å². The molecule has 0 fully saturated rings. The molecule has 3 aromatic rings. The first-order valence-electron chi connectivity index (χ1n) is 7.15. The van der Waals surface area contributed by atoms with Gasteiger partial charge in [0.1, 0.15) is 17.9 Å². The Morgan fingerprint density at radius 1 is 1.12 bits per heavy atom. The summed E-state index contributed by atoms with van der Waals surface area (Å²) < 4.78 is 6.41. The van der Waals surface area contributed by atoms with Gasteiger partial charge in [-0.25, -0.2) is 9.97 Å². The molecule has 0 aliphatic heterocycles. The van der Waals surface area contributed by atoms with Crippen molar-refractivity contribution in [3.05, 3.63) is 69.1 Å². The summed E-state index contributed by atoms with van der Waals surface area (Å²) in [5.41, 5.74) is 0.606. The summed E-state index contributed by atoms with van der Waals surface area (Å²) in [5.74, 6) is 0.701. The molecule has 0 bridgehead atoms. The van der Waals surface area contributed by atoms with Crippen molar-refractivity contribution < 1.29 is 9.66 Å². The predicted molar refractivity (Wildman–Crippen MR) is 95.2 cm³/mol. The minimum atomic E-state index is -0.593. The normalized spacial score (nSPS) is 10.3. The van der Waals surface area contributed by atoms with Crippen LogP contribution in [0.2, 0.25) is 0 Å². The van der Waals surface area contributed by atoms with E-state index in [9.17, 15) is 10.1 Å². The summed E-state index contributed by atoms with van der Waals surface area (Å²) in [5, 5.41) is 14.3. The Morgan fingerprint density at radius 2 is 1.88 bits per heavy atom. The van der Waals surface area contributed by atoms with Gasteiger partial charge in [-0.1, -0.05) is 22.0 Å². The Hall–Kier alpha value is -3.07. The molecule has 0 saturated carbocycles. The zero-order valence-electron chi connectivity index (χ0n) is 13.0. The van der Waals surface area contributed by atoms with Gasteiger partial charge in [-0.3, -0.25) is 10.1 Å². The van der Waals surface area contributed by atoms with Crippen LogP contribution in [0.5, 0.6) is 11.6 Å². The molecule has 0 aliphatic carbocycles. The lowest BCUT2D eigenvalue weighted by Gasteiger charge is -2.09. The summed E-state index contributed by atoms with van der Waals surface area (Å²) in [6.45, 7) is 1.90. The smallest absolute Gasteiger partial charge is 0.373 e. The van der Waals surface area contributed by atoms with Crippen LogP contribution in [0.25, 0.3) is 0 Å². The van der Waals surface area contributed by atoms with E-state index in [1.807, 2.05) is 13.0 Å². The first-order valence-corrected chi connectivity index (χ1v) is 7.95. The maximum atomic E-state index is 11.5. The number of halogens is 1. The number of aryl methyl sites for hydroxylation is 1. The lowest BCUT2D eigenvalue weighted by Crippen LogP contribution is -2.04. The second-order valence-corrected chi connectivity index (χ2v) is 5.95. The molecular weight excluding hydrogens is 390 g/mol. The number of hydrogen-bond donors (Lipinski definition) is 1. The Morgan fingerprint density at radius 3 is 2.52 bits per heavy atom. The molecule has 0 spiro atoms. The first-order chi connectivity index (χ1) is 12.0. The zero-order valence-corrected chi connectivity index (χ0v) is 14.6. The van der Waals surface area contributed by atoms with Crippen LogP contribution in [-0.4, -0.2) is 19.9 Å². The van der Waals surface area contributed by atoms with E-state index < -0.39 is 4.92 Å². The van der Waals surface area contributed by atoms with Gasteiger partial charge < -0.3 is 10.1 Å². The Kier molecular flexibility index (Phi) is 4.85. The average molecular weight is 402 g/mol. The second-order valence-electron chi connectivity index (χ2n) is 5.03. The van der Waals surface area contributed by atoms with Crippen molar-refractivity contribution in [2.45, 2.75) is 6.92 Å². The van der Waals surface area contributed by atoms with E-state index in [0.717, 1.165) is 10.0 Å². The number of aromatic nitrogens is 3. The van der Waals surface area contributed by atoms with Crippen LogP contribution in [0.4, 0.5) is 17.3 Å². The van der Waals surface area contributed by atoms with Gasteiger partial charge >= 0.3 is 11.6 Å². The van der Waals surface area contributed by atoms with Gasteiger partial charge in [0.15, 0.2) is 0 Å². The molecule has 0 aliphatic rings. The molecular formula is C16H12BrN5O3. The van der Waals surface area contributed by atoms with Crippen LogP contribution in [0.3, 0.4) is 0 Å². The van der Waals surface area contributed by atoms with Crippen LogP contribution in [0, 0.1) is 17.0 Å². The van der Waals surface area contributed by atoms with E-state index in [4.69, 9.17) is 4.74 Å². The third-order valence-electron chi connectivity index (χ3n) is 3.16. The van der Waals surface area contributed by atoms with E-state index in [2.05, 4.69) is 36.2 Å². The largest absolute Gasteiger partial charge is 0.434 e. The highest BCUT2D eigenvalue weighted by Gasteiger charge is 2.25. The average Bonchev–Trinajstić information content (AvgIpc) is 2.59. The molecule has 126 valence electrons. The van der Waals surface area contributed by atoms with Gasteiger partial charge in [0, 0.05) is 10.7 Å². The minimum Gasteiger partial charge on any atom is -0.434 e. The van der Waals surface area contributed by atoms with E-state index in [1.165, 1.54) is 6.33 Å². The van der Waals surface area contributed by atoms with E-state index in [1.54, 1.807) is 36.5 Å². The molecule has 9 heteroatoms. The summed E-state index contributed by atoms with van der Waals surface area (Å²) in [6.07, 6.45) is 2.84. The highest BCUT2D eigenvalue weighted by molar-refractivity contribution is 9.10. The Bertz CT molecular complexity index is 835. The van der Waals surface area contributed by atoms with Gasteiger partial charge in [0.2, 0.25) is 5.82 Å². The van der Waals surface area contributed by atoms with Crippen LogP contribution in [0.1, 0.15) is 5.56 Å². The third-order valence-corrected chi connectivity index (χ3v) is 3.69. The maximum absolute atomic E-state index is 11.5. The fourth-order valence-electron chi connectivity index (χ4n) is 1.97. The fraction of sp³-hybridized carbons (Fsp3) is 0.0625. The van der Waals surface area contributed by atoms with E-state index in [0.29, 0.717) is 11.6 Å². The van der Waals surface area contributed by atoms with Gasteiger partial charge in [0.25, 0.3) is 0 Å². The highest BCUT2D eigenvalue weighted by Crippen LogP contribution is 2.35. The number of pyridine rings is 1. The van der Waals surface area contributed by atoms with Gasteiger partial charge in [-0.15, -0.1) is 0 Å². The molecule has 8 nitrogen and oxygen atoms in total. The Balaban J connectivity index is 1.94. The van der Waals surface area contributed by atoms with Crippen molar-refractivity contribution in [3.63, 3.8) is 0 Å². The molecule has 1 aromatic carbocycles. The van der Waals surface area contributed by atoms with Crippen molar-refractivity contribution in [1.82, 2.24) is 15.0 Å². The number of nitro groups is 1.